The molecule has 0 atom stereocenters. The van der Waals surface area contributed by atoms with E-state index in [4.69, 9.17) is 21.6 Å². The first-order valence-corrected chi connectivity index (χ1v) is 8.20. The first-order chi connectivity index (χ1) is 12.2. The minimum absolute atomic E-state index is 0.451. The Hall–Kier alpha value is -2.81. The van der Waals surface area contributed by atoms with E-state index in [2.05, 4.69) is 33.7 Å². The van der Waals surface area contributed by atoms with Gasteiger partial charge in [0.2, 0.25) is 0 Å². The number of aromatic amines is 1. The van der Waals surface area contributed by atoms with Gasteiger partial charge in [0.1, 0.15) is 11.4 Å². The van der Waals surface area contributed by atoms with E-state index in [0.29, 0.717) is 28.6 Å². The van der Waals surface area contributed by atoms with Gasteiger partial charge in [-0.15, -0.1) is 0 Å². The fourth-order valence-corrected chi connectivity index (χ4v) is 2.68. The Morgan fingerprint density at radius 1 is 1.20 bits per heavy atom. The number of H-pyrrole nitrogens is 1. The van der Waals surface area contributed by atoms with Gasteiger partial charge in [-0.2, -0.15) is 10.4 Å². The zero-order chi connectivity index (χ0) is 17.6. The molecule has 1 heterocycles. The molecule has 6 heteroatoms. The smallest absolute Gasteiger partial charge is 0.172 e. The Labute approximate surface area is 151 Å². The fraction of sp³-hybridized carbons (Fsp3) is 0.158. The Balaban J connectivity index is 1.71. The van der Waals surface area contributed by atoms with Gasteiger partial charge in [-0.25, -0.2) is 0 Å². The van der Waals surface area contributed by atoms with E-state index in [1.807, 2.05) is 25.1 Å². The standard InChI is InChI=1S/C19H17ClN4O/c1-13-19(25-17-8-15(10-21)7-16(20)9-17)18(24-23-13)12-22-11-14-5-3-2-4-6-14/h2-9,22H,11-12H2,1H3,(H,23,24). The van der Waals surface area contributed by atoms with Crippen LogP contribution in [0.4, 0.5) is 0 Å². The summed E-state index contributed by atoms with van der Waals surface area (Å²) in [4.78, 5) is 0. The van der Waals surface area contributed by atoms with E-state index in [1.54, 1.807) is 18.2 Å². The van der Waals surface area contributed by atoms with Crippen LogP contribution in [0.25, 0.3) is 0 Å². The van der Waals surface area contributed by atoms with Gasteiger partial charge >= 0.3 is 0 Å². The topological polar surface area (TPSA) is 73.7 Å². The number of ether oxygens (including phenoxy) is 1. The van der Waals surface area contributed by atoms with Crippen molar-refractivity contribution in [3.05, 3.63) is 76.1 Å². The molecule has 0 fully saturated rings. The van der Waals surface area contributed by atoms with E-state index < -0.39 is 0 Å². The van der Waals surface area contributed by atoms with Gasteiger partial charge in [-0.1, -0.05) is 41.9 Å². The predicted molar refractivity (Wildman–Crippen MR) is 96.6 cm³/mol. The Bertz CT molecular complexity index is 900. The van der Waals surface area contributed by atoms with Crippen molar-refractivity contribution in [2.24, 2.45) is 0 Å². The molecule has 0 saturated heterocycles. The van der Waals surface area contributed by atoms with Crippen LogP contribution >= 0.6 is 11.6 Å². The highest BCUT2D eigenvalue weighted by Crippen LogP contribution is 2.30. The van der Waals surface area contributed by atoms with Crippen LogP contribution in [-0.4, -0.2) is 10.2 Å². The normalized spacial score (nSPS) is 10.4. The van der Waals surface area contributed by atoms with Crippen LogP contribution in [0.2, 0.25) is 5.02 Å². The number of aryl methyl sites for hydroxylation is 1. The molecular formula is C19H17ClN4O. The number of halogens is 1. The van der Waals surface area contributed by atoms with Crippen molar-refractivity contribution in [1.29, 1.82) is 5.26 Å². The Morgan fingerprint density at radius 3 is 2.76 bits per heavy atom. The quantitative estimate of drug-likeness (QED) is 0.692. The Morgan fingerprint density at radius 2 is 2.00 bits per heavy atom. The molecule has 1 aromatic heterocycles. The lowest BCUT2D eigenvalue weighted by Crippen LogP contribution is -2.13. The summed E-state index contributed by atoms with van der Waals surface area (Å²) in [7, 11) is 0. The second kappa shape index (κ2) is 7.84. The molecule has 0 aliphatic carbocycles. The zero-order valence-corrected chi connectivity index (χ0v) is 14.5. The third-order valence-corrected chi connectivity index (χ3v) is 3.87. The molecule has 126 valence electrons. The summed E-state index contributed by atoms with van der Waals surface area (Å²) in [6.07, 6.45) is 0. The predicted octanol–water partition coefficient (Wildman–Crippen LogP) is 4.33. The Kier molecular flexibility index (Phi) is 5.34. The van der Waals surface area contributed by atoms with Crippen LogP contribution in [-0.2, 0) is 13.1 Å². The first-order valence-electron chi connectivity index (χ1n) is 7.82. The number of hydrogen-bond donors (Lipinski definition) is 2. The molecule has 3 rings (SSSR count). The molecule has 0 amide bonds. The van der Waals surface area contributed by atoms with Crippen LogP contribution < -0.4 is 10.1 Å². The highest BCUT2D eigenvalue weighted by Gasteiger charge is 2.13. The van der Waals surface area contributed by atoms with Crippen molar-refractivity contribution < 1.29 is 4.74 Å². The van der Waals surface area contributed by atoms with Gasteiger partial charge in [0.15, 0.2) is 5.75 Å². The monoisotopic (exact) mass is 352 g/mol. The van der Waals surface area contributed by atoms with E-state index in [9.17, 15) is 0 Å². The lowest BCUT2D eigenvalue weighted by atomic mass is 10.2. The molecule has 0 spiro atoms. The summed E-state index contributed by atoms with van der Waals surface area (Å²) in [6, 6.07) is 17.1. The van der Waals surface area contributed by atoms with Crippen molar-refractivity contribution in [3.63, 3.8) is 0 Å². The fourth-order valence-electron chi connectivity index (χ4n) is 2.46. The lowest BCUT2D eigenvalue weighted by molar-refractivity contribution is 0.469. The number of benzene rings is 2. The van der Waals surface area contributed by atoms with Crippen LogP contribution in [0.15, 0.2) is 48.5 Å². The van der Waals surface area contributed by atoms with Crippen LogP contribution in [0.3, 0.4) is 0 Å². The second-order valence-electron chi connectivity index (χ2n) is 5.60. The largest absolute Gasteiger partial charge is 0.453 e. The van der Waals surface area contributed by atoms with Gasteiger partial charge in [-0.3, -0.25) is 5.10 Å². The van der Waals surface area contributed by atoms with Crippen molar-refractivity contribution in [3.8, 4) is 17.6 Å². The molecule has 0 unspecified atom stereocenters. The molecule has 0 saturated carbocycles. The molecule has 0 aliphatic heterocycles. The molecule has 2 N–H and O–H groups in total. The number of nitrogens with one attached hydrogen (secondary N) is 2. The first kappa shape index (κ1) is 17.0. The summed E-state index contributed by atoms with van der Waals surface area (Å²) in [6.45, 7) is 3.19. The second-order valence-corrected chi connectivity index (χ2v) is 6.03. The zero-order valence-electron chi connectivity index (χ0n) is 13.7. The van der Waals surface area contributed by atoms with Crippen LogP contribution in [0.5, 0.6) is 11.5 Å². The number of nitrogens with zero attached hydrogens (tertiary/aromatic N) is 2. The molecular weight excluding hydrogens is 336 g/mol. The summed E-state index contributed by atoms with van der Waals surface area (Å²) in [5.74, 6) is 1.16. The van der Waals surface area contributed by atoms with Gasteiger partial charge in [0, 0.05) is 18.1 Å². The number of hydrogen-bond acceptors (Lipinski definition) is 4. The summed E-state index contributed by atoms with van der Waals surface area (Å²) in [5.41, 5.74) is 3.24. The van der Waals surface area contributed by atoms with Gasteiger partial charge in [0.05, 0.1) is 17.3 Å². The maximum atomic E-state index is 9.05. The maximum absolute atomic E-state index is 9.05. The molecule has 2 aromatic carbocycles. The van der Waals surface area contributed by atoms with Crippen molar-refractivity contribution in [2.75, 3.05) is 0 Å². The van der Waals surface area contributed by atoms with E-state index in [1.165, 1.54) is 5.56 Å². The van der Waals surface area contributed by atoms with Gasteiger partial charge in [-0.05, 0) is 30.7 Å². The van der Waals surface area contributed by atoms with Crippen molar-refractivity contribution in [1.82, 2.24) is 15.5 Å². The molecule has 0 aliphatic rings. The highest BCUT2D eigenvalue weighted by atomic mass is 35.5. The highest BCUT2D eigenvalue weighted by molar-refractivity contribution is 6.30. The lowest BCUT2D eigenvalue weighted by Gasteiger charge is -2.09. The minimum Gasteiger partial charge on any atom is -0.453 e. The van der Waals surface area contributed by atoms with Crippen molar-refractivity contribution >= 4 is 11.6 Å². The summed E-state index contributed by atoms with van der Waals surface area (Å²) >= 11 is 6.03. The third-order valence-electron chi connectivity index (χ3n) is 3.66. The summed E-state index contributed by atoms with van der Waals surface area (Å²) in [5, 5.41) is 20.1. The molecule has 25 heavy (non-hydrogen) atoms. The SMILES string of the molecule is Cc1n[nH]c(CNCc2ccccc2)c1Oc1cc(Cl)cc(C#N)c1. The van der Waals surface area contributed by atoms with Crippen LogP contribution in [0.1, 0.15) is 22.5 Å². The molecule has 3 aromatic rings. The number of rotatable bonds is 6. The van der Waals surface area contributed by atoms with Gasteiger partial charge < -0.3 is 10.1 Å². The van der Waals surface area contributed by atoms with E-state index >= 15 is 0 Å². The minimum atomic E-state index is 0.451. The molecule has 5 nitrogen and oxygen atoms in total. The average molecular weight is 353 g/mol. The van der Waals surface area contributed by atoms with E-state index in [-0.39, 0.29) is 0 Å². The van der Waals surface area contributed by atoms with Crippen LogP contribution in [0, 0.1) is 18.3 Å². The van der Waals surface area contributed by atoms with Crippen molar-refractivity contribution in [2.45, 2.75) is 20.0 Å². The molecule has 0 radical (unpaired) electrons. The van der Waals surface area contributed by atoms with Gasteiger partial charge in [0.25, 0.3) is 0 Å². The number of nitriles is 1. The maximum Gasteiger partial charge on any atom is 0.172 e. The van der Waals surface area contributed by atoms with E-state index in [0.717, 1.165) is 17.9 Å². The summed E-state index contributed by atoms with van der Waals surface area (Å²) < 4.78 is 5.94. The number of aromatic nitrogens is 2. The third kappa shape index (κ3) is 4.38. The molecule has 0 bridgehead atoms. The average Bonchev–Trinajstić information content (AvgIpc) is 2.95.